The van der Waals surface area contributed by atoms with Gasteiger partial charge in [0.15, 0.2) is 0 Å². The average molecular weight is 452 g/mol. The molecule has 0 amide bonds. The van der Waals surface area contributed by atoms with Crippen molar-refractivity contribution in [1.82, 2.24) is 0 Å². The van der Waals surface area contributed by atoms with E-state index in [1.165, 1.54) is 25.5 Å². The van der Waals surface area contributed by atoms with E-state index in [0.717, 1.165) is 24.3 Å². The van der Waals surface area contributed by atoms with Crippen molar-refractivity contribution < 1.29 is 57.5 Å². The van der Waals surface area contributed by atoms with Gasteiger partial charge in [-0.3, -0.25) is 0 Å². The van der Waals surface area contributed by atoms with Crippen LogP contribution in [0.15, 0.2) is 51.8 Å². The minimum atomic E-state index is -0.808. The van der Waals surface area contributed by atoms with E-state index in [2.05, 4.69) is 48.6 Å². The van der Waals surface area contributed by atoms with Crippen LogP contribution in [0.5, 0.6) is 11.5 Å². The van der Waals surface area contributed by atoms with E-state index in [0.29, 0.717) is 0 Å². The van der Waals surface area contributed by atoms with Crippen molar-refractivity contribution in [2.24, 2.45) is 0 Å². The summed E-state index contributed by atoms with van der Waals surface area (Å²) in [5.41, 5.74) is 5.58. The fraction of sp³-hybridized carbons (Fsp3) is 0.200. The minimum Gasteiger partial charge on any atom is -1.00 e. The molecule has 0 unspecified atom stereocenters. The zero-order valence-corrected chi connectivity index (χ0v) is 18.1. The van der Waals surface area contributed by atoms with Gasteiger partial charge in [-0.25, -0.2) is 0 Å². The van der Waals surface area contributed by atoms with Crippen LogP contribution in [0, 0.1) is 0 Å². The summed E-state index contributed by atoms with van der Waals surface area (Å²) in [6.45, 7) is 0. The predicted molar refractivity (Wildman–Crippen MR) is 89.3 cm³/mol. The number of allylic oxidation sites excluding steroid dienone is 4. The SMILES string of the molecule is COc1ccc2c(c1)Cc1c-2ccc(OC)[c]1[Zr+2][C]1=CC=CC1.[Cl-].[Cl-]. The third kappa shape index (κ3) is 3.74. The Morgan fingerprint density at radius 2 is 1.76 bits per heavy atom. The van der Waals surface area contributed by atoms with Gasteiger partial charge >= 0.3 is 149 Å². The van der Waals surface area contributed by atoms with E-state index in [1.807, 2.05) is 0 Å². The first-order chi connectivity index (χ1) is 11.3. The molecule has 4 rings (SSSR count). The second-order valence-electron chi connectivity index (χ2n) is 5.82. The summed E-state index contributed by atoms with van der Waals surface area (Å²) < 4.78 is 14.2. The Hall–Kier alpha value is -1.02. The quantitative estimate of drug-likeness (QED) is 0.449. The molecule has 0 radical (unpaired) electrons. The fourth-order valence-electron chi connectivity index (χ4n) is 3.37. The molecule has 2 aliphatic rings. The van der Waals surface area contributed by atoms with Crippen LogP contribution in [0.3, 0.4) is 0 Å². The molecule has 2 aromatic rings. The van der Waals surface area contributed by atoms with Crippen molar-refractivity contribution in [2.45, 2.75) is 12.8 Å². The summed E-state index contributed by atoms with van der Waals surface area (Å²) in [6, 6.07) is 10.8. The van der Waals surface area contributed by atoms with Gasteiger partial charge in [-0.15, -0.1) is 0 Å². The number of hydrogen-bond donors (Lipinski definition) is 0. The number of benzene rings is 2. The van der Waals surface area contributed by atoms with Crippen molar-refractivity contribution in [3.8, 4) is 22.6 Å². The molecule has 2 aromatic carbocycles. The second kappa shape index (κ2) is 8.58. The van der Waals surface area contributed by atoms with Gasteiger partial charge in [0.2, 0.25) is 0 Å². The third-order valence-corrected chi connectivity index (χ3v) is 8.18. The van der Waals surface area contributed by atoms with Crippen LogP contribution in [0.25, 0.3) is 11.1 Å². The fourth-order valence-corrected chi connectivity index (χ4v) is 6.82. The molecule has 0 aromatic heterocycles. The van der Waals surface area contributed by atoms with Crippen LogP contribution in [0.4, 0.5) is 0 Å². The van der Waals surface area contributed by atoms with Crippen molar-refractivity contribution >= 4 is 3.27 Å². The number of halogens is 2. The Kier molecular flexibility index (Phi) is 6.96. The van der Waals surface area contributed by atoms with Crippen LogP contribution >= 0.6 is 0 Å². The molecule has 0 N–H and O–H groups in total. The van der Waals surface area contributed by atoms with Crippen molar-refractivity contribution in [3.05, 3.63) is 63.0 Å². The Labute approximate surface area is 172 Å². The summed E-state index contributed by atoms with van der Waals surface area (Å²) >= 11 is -0.808. The molecule has 2 nitrogen and oxygen atoms in total. The van der Waals surface area contributed by atoms with E-state index in [1.54, 1.807) is 17.5 Å². The molecular weight excluding hydrogens is 434 g/mol. The zero-order chi connectivity index (χ0) is 15.8. The maximum Gasteiger partial charge on any atom is -1.00 e. The Morgan fingerprint density at radius 3 is 2.44 bits per heavy atom. The van der Waals surface area contributed by atoms with Gasteiger partial charge in [-0.2, -0.15) is 0 Å². The first kappa shape index (κ1) is 20.3. The van der Waals surface area contributed by atoms with E-state index in [-0.39, 0.29) is 24.8 Å². The molecule has 0 atom stereocenters. The summed E-state index contributed by atoms with van der Waals surface area (Å²) in [5, 5.41) is 0. The molecule has 0 spiro atoms. The molecule has 5 heteroatoms. The molecular formula is C20H18Cl2O2Zr. The second-order valence-corrected chi connectivity index (χ2v) is 9.24. The summed E-state index contributed by atoms with van der Waals surface area (Å²) in [6.07, 6.45) is 8.86. The number of rotatable bonds is 4. The van der Waals surface area contributed by atoms with Crippen molar-refractivity contribution in [3.63, 3.8) is 0 Å². The first-order valence-electron chi connectivity index (χ1n) is 7.80. The molecule has 0 saturated heterocycles. The average Bonchev–Trinajstić information content (AvgIpc) is 3.21. The molecule has 25 heavy (non-hydrogen) atoms. The Bertz CT molecular complexity index is 844. The maximum atomic E-state index is 5.69. The van der Waals surface area contributed by atoms with E-state index >= 15 is 0 Å². The summed E-state index contributed by atoms with van der Waals surface area (Å²) in [7, 11) is 3.52. The van der Waals surface area contributed by atoms with Gasteiger partial charge in [0.25, 0.3) is 0 Å². The molecule has 128 valence electrons. The molecule has 0 aliphatic heterocycles. The van der Waals surface area contributed by atoms with Crippen molar-refractivity contribution in [2.75, 3.05) is 14.2 Å². The van der Waals surface area contributed by atoms with Crippen LogP contribution in [-0.2, 0) is 29.7 Å². The normalized spacial score (nSPS) is 13.0. The van der Waals surface area contributed by atoms with Gasteiger partial charge in [0, 0.05) is 0 Å². The van der Waals surface area contributed by atoms with Gasteiger partial charge in [-0.1, -0.05) is 0 Å². The van der Waals surface area contributed by atoms with Crippen LogP contribution in [0.1, 0.15) is 17.5 Å². The first-order valence-corrected chi connectivity index (χ1v) is 10.3. The maximum absolute atomic E-state index is 5.69. The van der Waals surface area contributed by atoms with Crippen LogP contribution < -0.4 is 37.6 Å². The Balaban J connectivity index is 0.00000113. The van der Waals surface area contributed by atoms with E-state index in [4.69, 9.17) is 9.47 Å². The van der Waals surface area contributed by atoms with Gasteiger partial charge in [-0.05, 0) is 0 Å². The van der Waals surface area contributed by atoms with Gasteiger partial charge in [0.1, 0.15) is 0 Å². The van der Waals surface area contributed by atoms with Crippen molar-refractivity contribution in [1.29, 1.82) is 0 Å². The number of fused-ring (bicyclic) bond motifs is 3. The third-order valence-electron chi connectivity index (χ3n) is 4.52. The molecule has 2 aliphatic carbocycles. The number of hydrogen-bond acceptors (Lipinski definition) is 2. The molecule has 0 heterocycles. The van der Waals surface area contributed by atoms with Gasteiger partial charge in [0.05, 0.1) is 0 Å². The number of ether oxygens (including phenoxy) is 2. The summed E-state index contributed by atoms with van der Waals surface area (Å²) in [4.78, 5) is 0. The smallest absolute Gasteiger partial charge is 1.00 e. The van der Waals surface area contributed by atoms with E-state index < -0.39 is 23.2 Å². The standard InChI is InChI=1S/C15H13O2.C5H5.2ClH.Zr/c1-16-12-3-5-14-10(8-12)7-11-9-13(17-2)4-6-15(11)14;1-2-4-5-3-1;;;/h3-6,8H,7H2,1-2H3;1-3H,4H2;2*1H;/q;;;;+2/p-2. The molecule has 0 fully saturated rings. The zero-order valence-electron chi connectivity index (χ0n) is 14.1. The van der Waals surface area contributed by atoms with Crippen LogP contribution in [0.2, 0.25) is 0 Å². The summed E-state index contributed by atoms with van der Waals surface area (Å²) in [5.74, 6) is 2.01. The Morgan fingerprint density at radius 1 is 0.960 bits per heavy atom. The topological polar surface area (TPSA) is 18.5 Å². The molecule has 0 saturated carbocycles. The van der Waals surface area contributed by atoms with E-state index in [9.17, 15) is 0 Å². The number of methoxy groups -OCH3 is 2. The molecule has 0 bridgehead atoms. The van der Waals surface area contributed by atoms with Gasteiger partial charge < -0.3 is 24.8 Å². The van der Waals surface area contributed by atoms with Crippen LogP contribution in [-0.4, -0.2) is 14.2 Å². The minimum absolute atomic E-state index is 0. The monoisotopic (exact) mass is 450 g/mol. The largest absolute Gasteiger partial charge is 1.00 e. The predicted octanol–water partition coefficient (Wildman–Crippen LogP) is -2.17.